The monoisotopic (exact) mass is 255 g/mol. The Kier molecular flexibility index (Phi) is 3.35. The van der Waals surface area contributed by atoms with Gasteiger partial charge in [-0.3, -0.25) is 0 Å². The first-order chi connectivity index (χ1) is 8.02. The molecule has 1 atom stereocenters. The van der Waals surface area contributed by atoms with Gasteiger partial charge in [0.05, 0.1) is 0 Å². The normalized spacial score (nSPS) is 17.8. The van der Waals surface area contributed by atoms with Crippen LogP contribution in [0.1, 0.15) is 12.8 Å². The Morgan fingerprint density at radius 3 is 2.82 bits per heavy atom. The van der Waals surface area contributed by atoms with Crippen molar-refractivity contribution in [1.82, 2.24) is 4.98 Å². The van der Waals surface area contributed by atoms with Gasteiger partial charge in [-0.2, -0.15) is 0 Å². The number of nitrogens with two attached hydrogens (primary N) is 1. The predicted molar refractivity (Wildman–Crippen MR) is 66.5 cm³/mol. The van der Waals surface area contributed by atoms with Gasteiger partial charge in [0.1, 0.15) is 10.7 Å². The van der Waals surface area contributed by atoms with Crippen LogP contribution in [0, 0.1) is 5.92 Å². The number of nitrogens with one attached hydrogen (secondary N) is 1. The molecule has 1 aromatic heterocycles. The van der Waals surface area contributed by atoms with Crippen LogP contribution in [0.4, 0.5) is 5.82 Å². The van der Waals surface area contributed by atoms with Gasteiger partial charge < -0.3 is 11.1 Å². The van der Waals surface area contributed by atoms with Crippen LogP contribution >= 0.6 is 0 Å². The summed E-state index contributed by atoms with van der Waals surface area (Å²) in [6, 6.07) is 3.30. The van der Waals surface area contributed by atoms with Gasteiger partial charge in [0, 0.05) is 25.0 Å². The molecule has 1 aliphatic carbocycles. The van der Waals surface area contributed by atoms with Gasteiger partial charge in [-0.1, -0.05) is 0 Å². The van der Waals surface area contributed by atoms with E-state index in [4.69, 9.17) is 5.73 Å². The van der Waals surface area contributed by atoms with Crippen LogP contribution in [0.25, 0.3) is 0 Å². The number of hydrogen-bond donors (Lipinski definition) is 2. The molecule has 0 saturated heterocycles. The largest absolute Gasteiger partial charge is 0.365 e. The fourth-order valence-electron chi connectivity index (χ4n) is 1.84. The number of anilines is 1. The summed E-state index contributed by atoms with van der Waals surface area (Å²) in [7, 11) is -3.26. The van der Waals surface area contributed by atoms with Crippen molar-refractivity contribution in [3.05, 3.63) is 18.3 Å². The third-order valence-electron chi connectivity index (χ3n) is 2.94. The van der Waals surface area contributed by atoms with Crippen molar-refractivity contribution in [2.24, 2.45) is 11.7 Å². The number of nitrogens with zero attached hydrogens (tertiary/aromatic N) is 1. The van der Waals surface area contributed by atoms with E-state index >= 15 is 0 Å². The fraction of sp³-hybridized carbons (Fsp3) is 0.545. The van der Waals surface area contributed by atoms with Crippen LogP contribution in [-0.2, 0) is 9.84 Å². The Bertz CT molecular complexity index is 497. The molecule has 1 unspecified atom stereocenters. The molecule has 5 nitrogen and oxygen atoms in total. The van der Waals surface area contributed by atoms with Crippen LogP contribution in [0.3, 0.4) is 0 Å². The second-order valence-electron chi connectivity index (χ2n) is 4.45. The Balaban J connectivity index is 2.25. The van der Waals surface area contributed by atoms with Gasteiger partial charge in [-0.25, -0.2) is 13.4 Å². The van der Waals surface area contributed by atoms with Crippen molar-refractivity contribution in [3.63, 3.8) is 0 Å². The Morgan fingerprint density at radius 1 is 1.59 bits per heavy atom. The number of hydrogen-bond acceptors (Lipinski definition) is 5. The molecule has 2 rings (SSSR count). The molecule has 1 aliphatic rings. The topological polar surface area (TPSA) is 85.1 Å². The smallest absolute Gasteiger partial charge is 0.179 e. The van der Waals surface area contributed by atoms with Crippen LogP contribution < -0.4 is 11.1 Å². The summed E-state index contributed by atoms with van der Waals surface area (Å²) in [5.74, 6) is 0.965. The van der Waals surface area contributed by atoms with Gasteiger partial charge in [-0.15, -0.1) is 0 Å². The molecule has 94 valence electrons. The standard InChI is InChI=1S/C11H17N3O2S/c1-17(15,16)10-3-2-6-13-11(10)14-9(7-12)8-4-5-8/h2-3,6,8-9H,4-5,7,12H2,1H3,(H,13,14). The second kappa shape index (κ2) is 4.62. The van der Waals surface area contributed by atoms with Gasteiger partial charge in [0.2, 0.25) is 0 Å². The maximum absolute atomic E-state index is 11.6. The third-order valence-corrected chi connectivity index (χ3v) is 4.07. The van der Waals surface area contributed by atoms with E-state index in [-0.39, 0.29) is 10.9 Å². The molecule has 0 radical (unpaired) electrons. The Morgan fingerprint density at radius 2 is 2.29 bits per heavy atom. The summed E-state index contributed by atoms with van der Waals surface area (Å²) >= 11 is 0. The average molecular weight is 255 g/mol. The molecule has 0 aliphatic heterocycles. The zero-order valence-corrected chi connectivity index (χ0v) is 10.6. The highest BCUT2D eigenvalue weighted by molar-refractivity contribution is 7.90. The van der Waals surface area contributed by atoms with Crippen LogP contribution in [0.5, 0.6) is 0 Å². The van der Waals surface area contributed by atoms with Gasteiger partial charge >= 0.3 is 0 Å². The summed E-state index contributed by atoms with van der Waals surface area (Å²) < 4.78 is 23.2. The summed E-state index contributed by atoms with van der Waals surface area (Å²) in [4.78, 5) is 4.33. The van der Waals surface area contributed by atoms with E-state index in [2.05, 4.69) is 10.3 Å². The first kappa shape index (κ1) is 12.3. The van der Waals surface area contributed by atoms with Crippen LogP contribution in [0.15, 0.2) is 23.2 Å². The molecule has 3 N–H and O–H groups in total. The maximum Gasteiger partial charge on any atom is 0.179 e. The van der Waals surface area contributed by atoms with Crippen molar-refractivity contribution in [2.45, 2.75) is 23.8 Å². The van der Waals surface area contributed by atoms with Crippen molar-refractivity contribution in [1.29, 1.82) is 0 Å². The second-order valence-corrected chi connectivity index (χ2v) is 6.43. The number of rotatable bonds is 5. The third kappa shape index (κ3) is 2.95. The lowest BCUT2D eigenvalue weighted by Gasteiger charge is -2.18. The number of aromatic nitrogens is 1. The highest BCUT2D eigenvalue weighted by Gasteiger charge is 2.31. The van der Waals surface area contributed by atoms with Crippen molar-refractivity contribution >= 4 is 15.7 Å². The van der Waals surface area contributed by atoms with Gasteiger partial charge in [0.25, 0.3) is 0 Å². The molecular formula is C11H17N3O2S. The fourth-order valence-corrected chi connectivity index (χ4v) is 2.63. The lowest BCUT2D eigenvalue weighted by atomic mass is 10.2. The van der Waals surface area contributed by atoms with E-state index < -0.39 is 9.84 Å². The first-order valence-corrected chi connectivity index (χ1v) is 7.53. The van der Waals surface area contributed by atoms with E-state index in [0.717, 1.165) is 12.8 Å². The Hall–Kier alpha value is -1.14. The van der Waals surface area contributed by atoms with E-state index in [1.54, 1.807) is 18.3 Å². The quantitative estimate of drug-likeness (QED) is 0.806. The van der Waals surface area contributed by atoms with E-state index in [0.29, 0.717) is 18.3 Å². The summed E-state index contributed by atoms with van der Waals surface area (Å²) in [5, 5.41) is 3.15. The van der Waals surface area contributed by atoms with Crippen molar-refractivity contribution in [2.75, 3.05) is 18.1 Å². The summed E-state index contributed by atoms with van der Waals surface area (Å²) in [6.45, 7) is 0.491. The molecule has 6 heteroatoms. The zero-order chi connectivity index (χ0) is 12.5. The number of pyridine rings is 1. The zero-order valence-electron chi connectivity index (χ0n) is 9.76. The SMILES string of the molecule is CS(=O)(=O)c1cccnc1NC(CN)C1CC1. The van der Waals surface area contributed by atoms with E-state index in [9.17, 15) is 8.42 Å². The Labute approximate surface area is 101 Å². The predicted octanol–water partition coefficient (Wildman–Crippen LogP) is 0.634. The first-order valence-electron chi connectivity index (χ1n) is 5.64. The maximum atomic E-state index is 11.6. The molecule has 0 amide bonds. The average Bonchev–Trinajstić information content (AvgIpc) is 3.09. The molecule has 1 aromatic rings. The van der Waals surface area contributed by atoms with Crippen molar-refractivity contribution < 1.29 is 8.42 Å². The summed E-state index contributed by atoms with van der Waals surface area (Å²) in [5.41, 5.74) is 5.68. The highest BCUT2D eigenvalue weighted by atomic mass is 32.2. The van der Waals surface area contributed by atoms with Gasteiger partial charge in [-0.05, 0) is 30.9 Å². The molecule has 0 bridgehead atoms. The molecule has 1 saturated carbocycles. The minimum atomic E-state index is -3.26. The molecule has 17 heavy (non-hydrogen) atoms. The summed E-state index contributed by atoms with van der Waals surface area (Å²) in [6.07, 6.45) is 5.06. The van der Waals surface area contributed by atoms with Gasteiger partial charge in [0.15, 0.2) is 9.84 Å². The van der Waals surface area contributed by atoms with Crippen LogP contribution in [0.2, 0.25) is 0 Å². The van der Waals surface area contributed by atoms with Crippen LogP contribution in [-0.4, -0.2) is 32.2 Å². The molecule has 0 spiro atoms. The molecule has 0 aromatic carbocycles. The lowest BCUT2D eigenvalue weighted by Crippen LogP contribution is -2.31. The van der Waals surface area contributed by atoms with E-state index in [1.165, 1.54) is 6.26 Å². The van der Waals surface area contributed by atoms with Crippen molar-refractivity contribution in [3.8, 4) is 0 Å². The molecule has 1 fully saturated rings. The highest BCUT2D eigenvalue weighted by Crippen LogP contribution is 2.34. The molecular weight excluding hydrogens is 238 g/mol. The number of sulfone groups is 1. The lowest BCUT2D eigenvalue weighted by molar-refractivity contribution is 0.600. The van der Waals surface area contributed by atoms with E-state index in [1.807, 2.05) is 0 Å². The minimum Gasteiger partial charge on any atom is -0.365 e. The minimum absolute atomic E-state index is 0.116. The molecule has 1 heterocycles.